The predicted octanol–water partition coefficient (Wildman–Crippen LogP) is 2.18. The van der Waals surface area contributed by atoms with Gasteiger partial charge in [-0.2, -0.15) is 0 Å². The molecule has 14 heavy (non-hydrogen) atoms. The Balaban J connectivity index is 2.69. The van der Waals surface area contributed by atoms with E-state index in [1.165, 1.54) is 6.20 Å². The number of aliphatic hydroxyl groups excluding tert-OH is 1. The Morgan fingerprint density at radius 2 is 2.43 bits per heavy atom. The van der Waals surface area contributed by atoms with Crippen molar-refractivity contribution in [1.29, 1.82) is 0 Å². The molecule has 0 spiro atoms. The van der Waals surface area contributed by atoms with Gasteiger partial charge in [-0.25, -0.2) is 4.98 Å². The summed E-state index contributed by atoms with van der Waals surface area (Å²) in [6.07, 6.45) is 5.23. The third-order valence-electron chi connectivity index (χ3n) is 1.64. The van der Waals surface area contributed by atoms with Crippen LogP contribution in [0.2, 0.25) is 5.02 Å². The second-order valence-corrected chi connectivity index (χ2v) is 3.06. The maximum atomic E-state index is 8.93. The molecule has 0 fully saturated rings. The van der Waals surface area contributed by atoms with E-state index in [4.69, 9.17) is 21.4 Å². The smallest absolute Gasteiger partial charge is 0.213 e. The molecule has 3 nitrogen and oxygen atoms in total. The lowest BCUT2D eigenvalue weighted by Crippen LogP contribution is -1.97. The van der Waals surface area contributed by atoms with Gasteiger partial charge in [0.15, 0.2) is 0 Å². The van der Waals surface area contributed by atoms with Crippen molar-refractivity contribution in [2.45, 2.75) is 13.5 Å². The average Bonchev–Trinajstić information content (AvgIpc) is 2.21. The number of halogens is 1. The van der Waals surface area contributed by atoms with Crippen molar-refractivity contribution in [1.82, 2.24) is 4.98 Å². The number of rotatable bonds is 4. The van der Waals surface area contributed by atoms with Crippen molar-refractivity contribution in [2.24, 2.45) is 0 Å². The Kier molecular flexibility index (Phi) is 4.43. The minimum atomic E-state index is -0.110. The highest BCUT2D eigenvalue weighted by molar-refractivity contribution is 6.31. The van der Waals surface area contributed by atoms with Gasteiger partial charge < -0.3 is 9.84 Å². The molecule has 0 bridgehead atoms. The molecule has 1 heterocycles. The lowest BCUT2D eigenvalue weighted by atomic mass is 10.3. The standard InChI is InChI=1S/C10H12ClNO2/c1-2-3-4-14-10-5-8(7-13)9(11)6-12-10/h2-3,5-6,13H,4,7H2,1H3/b3-2+. The van der Waals surface area contributed by atoms with Crippen LogP contribution < -0.4 is 4.74 Å². The van der Waals surface area contributed by atoms with Crippen molar-refractivity contribution in [3.05, 3.63) is 35.0 Å². The van der Waals surface area contributed by atoms with Gasteiger partial charge in [0.2, 0.25) is 5.88 Å². The summed E-state index contributed by atoms with van der Waals surface area (Å²) >= 11 is 5.77. The number of ether oxygens (including phenoxy) is 1. The second kappa shape index (κ2) is 5.62. The first-order valence-electron chi connectivity index (χ1n) is 4.27. The second-order valence-electron chi connectivity index (χ2n) is 2.65. The molecule has 0 saturated heterocycles. The van der Waals surface area contributed by atoms with Crippen LogP contribution in [0, 0.1) is 0 Å². The summed E-state index contributed by atoms with van der Waals surface area (Å²) in [4.78, 5) is 3.96. The zero-order valence-corrected chi connectivity index (χ0v) is 8.66. The Hall–Kier alpha value is -1.06. The van der Waals surface area contributed by atoms with E-state index in [1.54, 1.807) is 6.07 Å². The molecular weight excluding hydrogens is 202 g/mol. The summed E-state index contributed by atoms with van der Waals surface area (Å²) < 4.78 is 5.28. The minimum Gasteiger partial charge on any atom is -0.473 e. The van der Waals surface area contributed by atoms with Gasteiger partial charge in [0.1, 0.15) is 6.61 Å². The molecule has 1 aromatic heterocycles. The van der Waals surface area contributed by atoms with Crippen LogP contribution in [0.1, 0.15) is 12.5 Å². The number of hydrogen-bond acceptors (Lipinski definition) is 3. The monoisotopic (exact) mass is 213 g/mol. The van der Waals surface area contributed by atoms with Crippen molar-refractivity contribution >= 4 is 11.6 Å². The topological polar surface area (TPSA) is 42.4 Å². The number of pyridine rings is 1. The fourth-order valence-electron chi connectivity index (χ4n) is 0.888. The number of aliphatic hydroxyl groups is 1. The van der Waals surface area contributed by atoms with Crippen LogP contribution in [0.5, 0.6) is 5.88 Å². The number of aromatic nitrogens is 1. The molecule has 0 aliphatic heterocycles. The van der Waals surface area contributed by atoms with Crippen LogP contribution in [0.25, 0.3) is 0 Å². The summed E-state index contributed by atoms with van der Waals surface area (Å²) in [6, 6.07) is 1.63. The van der Waals surface area contributed by atoms with Crippen molar-refractivity contribution in [2.75, 3.05) is 6.61 Å². The molecular formula is C10H12ClNO2. The third-order valence-corrected chi connectivity index (χ3v) is 1.98. The lowest BCUT2D eigenvalue weighted by Gasteiger charge is -2.04. The molecule has 0 aromatic carbocycles. The Morgan fingerprint density at radius 3 is 3.07 bits per heavy atom. The number of allylic oxidation sites excluding steroid dienone is 1. The Morgan fingerprint density at radius 1 is 1.64 bits per heavy atom. The van der Waals surface area contributed by atoms with Crippen molar-refractivity contribution in [3.63, 3.8) is 0 Å². The highest BCUT2D eigenvalue weighted by Crippen LogP contribution is 2.18. The molecule has 0 saturated carbocycles. The quantitative estimate of drug-likeness (QED) is 0.780. The van der Waals surface area contributed by atoms with Gasteiger partial charge in [0, 0.05) is 17.8 Å². The molecule has 1 N–H and O–H groups in total. The number of hydrogen-bond donors (Lipinski definition) is 1. The maximum Gasteiger partial charge on any atom is 0.213 e. The Bertz CT molecular complexity index is 326. The van der Waals surface area contributed by atoms with Crippen LogP contribution in [0.3, 0.4) is 0 Å². The predicted molar refractivity (Wildman–Crippen MR) is 55.5 cm³/mol. The van der Waals surface area contributed by atoms with Gasteiger partial charge >= 0.3 is 0 Å². The fraction of sp³-hybridized carbons (Fsp3) is 0.300. The molecule has 0 atom stereocenters. The largest absolute Gasteiger partial charge is 0.473 e. The maximum absolute atomic E-state index is 8.93. The van der Waals surface area contributed by atoms with Crippen LogP contribution in [-0.2, 0) is 6.61 Å². The van der Waals surface area contributed by atoms with Gasteiger partial charge in [0.05, 0.1) is 11.6 Å². The molecule has 4 heteroatoms. The normalized spacial score (nSPS) is 10.8. The molecule has 0 unspecified atom stereocenters. The van der Waals surface area contributed by atoms with Crippen molar-refractivity contribution < 1.29 is 9.84 Å². The number of nitrogens with zero attached hydrogens (tertiary/aromatic N) is 1. The van der Waals surface area contributed by atoms with Crippen LogP contribution in [0.15, 0.2) is 24.4 Å². The third kappa shape index (κ3) is 3.01. The summed E-state index contributed by atoms with van der Waals surface area (Å²) in [6.45, 7) is 2.27. The van der Waals surface area contributed by atoms with Gasteiger partial charge in [-0.05, 0) is 6.92 Å². The van der Waals surface area contributed by atoms with E-state index in [9.17, 15) is 0 Å². The summed E-state index contributed by atoms with van der Waals surface area (Å²) in [7, 11) is 0. The lowest BCUT2D eigenvalue weighted by molar-refractivity contribution is 0.280. The first-order valence-corrected chi connectivity index (χ1v) is 4.65. The van der Waals surface area contributed by atoms with E-state index in [2.05, 4.69) is 4.98 Å². The van der Waals surface area contributed by atoms with E-state index in [0.717, 1.165) is 0 Å². The minimum absolute atomic E-state index is 0.110. The average molecular weight is 214 g/mol. The molecule has 1 rings (SSSR count). The molecule has 0 aliphatic rings. The molecule has 0 radical (unpaired) electrons. The fourth-order valence-corrected chi connectivity index (χ4v) is 1.05. The van der Waals surface area contributed by atoms with Crippen LogP contribution in [0.4, 0.5) is 0 Å². The van der Waals surface area contributed by atoms with E-state index >= 15 is 0 Å². The van der Waals surface area contributed by atoms with Gasteiger partial charge in [-0.1, -0.05) is 23.8 Å². The highest BCUT2D eigenvalue weighted by Gasteiger charge is 2.02. The summed E-state index contributed by atoms with van der Waals surface area (Å²) in [5.41, 5.74) is 0.622. The van der Waals surface area contributed by atoms with Gasteiger partial charge in [0.25, 0.3) is 0 Å². The summed E-state index contributed by atoms with van der Waals surface area (Å²) in [5.74, 6) is 0.469. The SMILES string of the molecule is C/C=C/COc1cc(CO)c(Cl)cn1. The molecule has 0 aliphatic carbocycles. The zero-order chi connectivity index (χ0) is 10.4. The van der Waals surface area contributed by atoms with E-state index in [1.807, 2.05) is 19.1 Å². The Labute approximate surface area is 88.0 Å². The molecule has 76 valence electrons. The van der Waals surface area contributed by atoms with Gasteiger partial charge in [-0.3, -0.25) is 0 Å². The van der Waals surface area contributed by atoms with E-state index in [0.29, 0.717) is 23.1 Å². The molecule has 0 amide bonds. The highest BCUT2D eigenvalue weighted by atomic mass is 35.5. The van der Waals surface area contributed by atoms with Crippen LogP contribution >= 0.6 is 11.6 Å². The van der Waals surface area contributed by atoms with Gasteiger partial charge in [-0.15, -0.1) is 0 Å². The van der Waals surface area contributed by atoms with E-state index < -0.39 is 0 Å². The van der Waals surface area contributed by atoms with E-state index in [-0.39, 0.29) is 6.61 Å². The molecule has 1 aromatic rings. The van der Waals surface area contributed by atoms with Crippen LogP contribution in [-0.4, -0.2) is 16.7 Å². The first kappa shape index (κ1) is 11.0. The zero-order valence-electron chi connectivity index (χ0n) is 7.90. The summed E-state index contributed by atoms with van der Waals surface area (Å²) in [5, 5.41) is 9.38. The van der Waals surface area contributed by atoms with Crippen molar-refractivity contribution in [3.8, 4) is 5.88 Å². The first-order chi connectivity index (χ1) is 6.77.